The van der Waals surface area contributed by atoms with Crippen molar-refractivity contribution in [3.63, 3.8) is 0 Å². The van der Waals surface area contributed by atoms with Crippen molar-refractivity contribution in [2.75, 3.05) is 0 Å². The molecule has 0 spiro atoms. The summed E-state index contributed by atoms with van der Waals surface area (Å²) in [5, 5.41) is 0. The summed E-state index contributed by atoms with van der Waals surface area (Å²) in [6.45, 7) is 0. The Labute approximate surface area is 90.9 Å². The van der Waals surface area contributed by atoms with Crippen LogP contribution in [0.4, 0.5) is 0 Å². The van der Waals surface area contributed by atoms with Crippen LogP contribution in [0, 0.1) is 23.7 Å². The van der Waals surface area contributed by atoms with Gasteiger partial charge in [-0.3, -0.25) is 4.79 Å². The molecule has 15 heavy (non-hydrogen) atoms. The molecule has 0 unspecified atom stereocenters. The van der Waals surface area contributed by atoms with E-state index in [1.807, 2.05) is 0 Å². The minimum atomic E-state index is 0.441. The molecule has 4 bridgehead atoms. The zero-order chi connectivity index (χ0) is 9.99. The molecule has 4 atom stereocenters. The van der Waals surface area contributed by atoms with E-state index in [2.05, 4.69) is 0 Å². The highest BCUT2D eigenvalue weighted by Crippen LogP contribution is 2.55. The fraction of sp³-hybridized carbons (Fsp3) is 0.786. The normalized spacial score (nSPS) is 52.1. The highest BCUT2D eigenvalue weighted by molar-refractivity contribution is 6.01. The maximum atomic E-state index is 12.2. The minimum Gasteiger partial charge on any atom is -0.294 e. The molecular formula is C14H18O. The van der Waals surface area contributed by atoms with Crippen molar-refractivity contribution in [3.8, 4) is 0 Å². The predicted molar refractivity (Wildman–Crippen MR) is 58.3 cm³/mol. The Hall–Kier alpha value is -0.590. The van der Waals surface area contributed by atoms with E-state index in [4.69, 9.17) is 0 Å². The van der Waals surface area contributed by atoms with Crippen LogP contribution >= 0.6 is 0 Å². The summed E-state index contributed by atoms with van der Waals surface area (Å²) in [5.41, 5.74) is 2.97. The number of carbonyl (C=O) groups is 1. The third-order valence-corrected chi connectivity index (χ3v) is 5.37. The molecule has 0 aliphatic heterocycles. The van der Waals surface area contributed by atoms with E-state index in [1.54, 1.807) is 5.57 Å². The van der Waals surface area contributed by atoms with Crippen LogP contribution in [0.5, 0.6) is 0 Å². The summed E-state index contributed by atoms with van der Waals surface area (Å²) in [4.78, 5) is 12.2. The van der Waals surface area contributed by atoms with Crippen LogP contribution in [0.1, 0.15) is 44.9 Å². The molecule has 0 aromatic carbocycles. The van der Waals surface area contributed by atoms with Gasteiger partial charge in [0.25, 0.3) is 0 Å². The first-order chi connectivity index (χ1) is 7.33. The molecule has 0 radical (unpaired) electrons. The lowest BCUT2D eigenvalue weighted by molar-refractivity contribution is -0.118. The predicted octanol–water partition coefficient (Wildman–Crippen LogP) is 3.10. The first-order valence-electron chi connectivity index (χ1n) is 6.60. The van der Waals surface area contributed by atoms with Crippen molar-refractivity contribution >= 4 is 5.78 Å². The van der Waals surface area contributed by atoms with Gasteiger partial charge >= 0.3 is 0 Å². The Morgan fingerprint density at radius 2 is 1.67 bits per heavy atom. The maximum absolute atomic E-state index is 12.2. The van der Waals surface area contributed by atoms with E-state index in [0.29, 0.717) is 17.6 Å². The Morgan fingerprint density at radius 1 is 0.867 bits per heavy atom. The third kappa shape index (κ3) is 1.02. The highest BCUT2D eigenvalue weighted by atomic mass is 16.1. The zero-order valence-corrected chi connectivity index (χ0v) is 9.17. The fourth-order valence-electron chi connectivity index (χ4n) is 4.71. The lowest BCUT2D eigenvalue weighted by Crippen LogP contribution is -2.16. The summed E-state index contributed by atoms with van der Waals surface area (Å²) < 4.78 is 0. The van der Waals surface area contributed by atoms with Crippen molar-refractivity contribution in [2.24, 2.45) is 23.7 Å². The van der Waals surface area contributed by atoms with E-state index in [-0.39, 0.29) is 0 Å². The first-order valence-corrected chi connectivity index (χ1v) is 6.60. The Balaban J connectivity index is 1.77. The topological polar surface area (TPSA) is 17.1 Å². The maximum Gasteiger partial charge on any atom is 0.162 e. The van der Waals surface area contributed by atoms with Crippen LogP contribution in [0.15, 0.2) is 11.1 Å². The lowest BCUT2D eigenvalue weighted by Gasteiger charge is -2.21. The number of hydrogen-bond donors (Lipinski definition) is 0. The SMILES string of the molecule is O=C1/C(=C2\C[C@H]3CC[C@@H]2C3)[C@H]2CC[C@@H]1C2. The summed E-state index contributed by atoms with van der Waals surface area (Å²) in [6, 6.07) is 0. The molecule has 1 nitrogen and oxygen atoms in total. The largest absolute Gasteiger partial charge is 0.294 e. The Morgan fingerprint density at radius 3 is 2.27 bits per heavy atom. The van der Waals surface area contributed by atoms with Crippen LogP contribution in [0.2, 0.25) is 0 Å². The molecule has 4 rings (SSSR count). The smallest absolute Gasteiger partial charge is 0.162 e. The van der Waals surface area contributed by atoms with Gasteiger partial charge < -0.3 is 0 Å². The summed E-state index contributed by atoms with van der Waals surface area (Å²) >= 11 is 0. The highest BCUT2D eigenvalue weighted by Gasteiger charge is 2.47. The number of fused-ring (bicyclic) bond motifs is 4. The zero-order valence-electron chi connectivity index (χ0n) is 9.17. The van der Waals surface area contributed by atoms with Crippen LogP contribution in [-0.4, -0.2) is 5.78 Å². The molecule has 0 amide bonds. The molecule has 4 fully saturated rings. The second kappa shape index (κ2) is 2.75. The molecule has 0 aromatic rings. The van der Waals surface area contributed by atoms with Crippen molar-refractivity contribution in [1.29, 1.82) is 0 Å². The van der Waals surface area contributed by atoms with Gasteiger partial charge in [0.1, 0.15) is 0 Å². The number of ketones is 1. The Kier molecular flexibility index (Phi) is 1.57. The molecule has 0 aromatic heterocycles. The molecule has 1 heteroatoms. The van der Waals surface area contributed by atoms with E-state index < -0.39 is 0 Å². The summed E-state index contributed by atoms with van der Waals surface area (Å²) in [7, 11) is 0. The van der Waals surface area contributed by atoms with Gasteiger partial charge in [0.15, 0.2) is 5.78 Å². The Bertz CT molecular complexity index is 366. The van der Waals surface area contributed by atoms with Gasteiger partial charge in [-0.2, -0.15) is 0 Å². The number of rotatable bonds is 0. The number of Topliss-reactive ketones (excluding diaryl/α,β-unsaturated/α-hetero) is 1. The van der Waals surface area contributed by atoms with Crippen LogP contribution in [-0.2, 0) is 4.79 Å². The standard InChI is InChI=1S/C14H18O/c15-14-11-4-3-10(7-11)13(14)12-6-8-1-2-9(12)5-8/h8-11H,1-7H2/b13-12+/t8-,9+,10-,11+/m0/s1. The first kappa shape index (κ1) is 8.55. The molecule has 80 valence electrons. The third-order valence-electron chi connectivity index (χ3n) is 5.37. The second-order valence-corrected chi connectivity index (χ2v) is 6.09. The van der Waals surface area contributed by atoms with Crippen molar-refractivity contribution < 1.29 is 4.79 Å². The van der Waals surface area contributed by atoms with Crippen molar-refractivity contribution in [3.05, 3.63) is 11.1 Å². The minimum absolute atomic E-state index is 0.441. The molecular weight excluding hydrogens is 184 g/mol. The van der Waals surface area contributed by atoms with E-state index in [0.717, 1.165) is 11.8 Å². The quantitative estimate of drug-likeness (QED) is 0.552. The molecule has 0 saturated heterocycles. The molecule has 4 aliphatic carbocycles. The van der Waals surface area contributed by atoms with Gasteiger partial charge in [-0.25, -0.2) is 0 Å². The van der Waals surface area contributed by atoms with Crippen LogP contribution < -0.4 is 0 Å². The number of hydrogen-bond acceptors (Lipinski definition) is 1. The van der Waals surface area contributed by atoms with Crippen molar-refractivity contribution in [1.82, 2.24) is 0 Å². The molecule has 0 heterocycles. The van der Waals surface area contributed by atoms with Crippen LogP contribution in [0.3, 0.4) is 0 Å². The summed E-state index contributed by atoms with van der Waals surface area (Å²) in [6.07, 6.45) is 9.21. The van der Waals surface area contributed by atoms with E-state index >= 15 is 0 Å². The second-order valence-electron chi connectivity index (χ2n) is 6.09. The lowest BCUT2D eigenvalue weighted by atomic mass is 9.83. The van der Waals surface area contributed by atoms with E-state index in [9.17, 15) is 4.79 Å². The average Bonchev–Trinajstić information content (AvgIpc) is 2.96. The van der Waals surface area contributed by atoms with Gasteiger partial charge in [0.05, 0.1) is 0 Å². The fourth-order valence-corrected chi connectivity index (χ4v) is 4.71. The van der Waals surface area contributed by atoms with Gasteiger partial charge in [-0.05, 0) is 68.3 Å². The van der Waals surface area contributed by atoms with Crippen LogP contribution in [0.25, 0.3) is 0 Å². The van der Waals surface area contributed by atoms with Crippen molar-refractivity contribution in [2.45, 2.75) is 44.9 Å². The summed E-state index contributed by atoms with van der Waals surface area (Å²) in [5.74, 6) is 3.47. The average molecular weight is 202 g/mol. The molecule has 4 aliphatic rings. The number of allylic oxidation sites excluding steroid dienone is 2. The van der Waals surface area contributed by atoms with Gasteiger partial charge in [-0.15, -0.1) is 0 Å². The van der Waals surface area contributed by atoms with Gasteiger partial charge in [0.2, 0.25) is 0 Å². The van der Waals surface area contributed by atoms with E-state index in [1.165, 1.54) is 50.5 Å². The monoisotopic (exact) mass is 202 g/mol. The molecule has 0 N–H and O–H groups in total. The van der Waals surface area contributed by atoms with Gasteiger partial charge in [-0.1, -0.05) is 5.57 Å². The number of carbonyl (C=O) groups excluding carboxylic acids is 1. The van der Waals surface area contributed by atoms with Gasteiger partial charge in [0, 0.05) is 5.92 Å². The molecule has 4 saturated carbocycles.